The molecule has 5 rings (SSSR count). The number of amides is 1. The Morgan fingerprint density at radius 3 is 2.47 bits per heavy atom. The van der Waals surface area contributed by atoms with Crippen molar-refractivity contribution in [3.8, 4) is 0 Å². The number of rotatable bonds is 5. The van der Waals surface area contributed by atoms with Gasteiger partial charge in [-0.15, -0.1) is 5.10 Å². The average Bonchev–Trinajstić information content (AvgIpc) is 3.47. The predicted molar refractivity (Wildman–Crippen MR) is 142 cm³/mol. The van der Waals surface area contributed by atoms with E-state index in [0.29, 0.717) is 13.1 Å². The molecule has 0 bridgehead atoms. The Morgan fingerprint density at radius 2 is 1.75 bits per heavy atom. The van der Waals surface area contributed by atoms with Crippen molar-refractivity contribution in [3.05, 3.63) is 41.6 Å². The van der Waals surface area contributed by atoms with Gasteiger partial charge in [0.05, 0.1) is 6.26 Å². The zero-order valence-electron chi connectivity index (χ0n) is 21.4. The van der Waals surface area contributed by atoms with Crippen molar-refractivity contribution in [2.75, 3.05) is 48.6 Å². The highest BCUT2D eigenvalue weighted by molar-refractivity contribution is 7.92. The zero-order valence-corrected chi connectivity index (χ0v) is 22.3. The Labute approximate surface area is 214 Å². The third-order valence-corrected chi connectivity index (χ3v) is 8.84. The van der Waals surface area contributed by atoms with Gasteiger partial charge in [0.15, 0.2) is 5.82 Å². The van der Waals surface area contributed by atoms with E-state index in [9.17, 15) is 13.2 Å². The summed E-state index contributed by atoms with van der Waals surface area (Å²) >= 11 is 0. The number of likely N-dealkylation sites (tertiary alicyclic amines) is 2. The number of sulfonamides is 1. The van der Waals surface area contributed by atoms with Gasteiger partial charge in [-0.05, 0) is 75.6 Å². The second-order valence-corrected chi connectivity index (χ2v) is 12.4. The second kappa shape index (κ2) is 10.0. The smallest absolute Gasteiger partial charge is 0.344 e. The summed E-state index contributed by atoms with van der Waals surface area (Å²) in [6.07, 6.45) is 10.7. The van der Waals surface area contributed by atoms with Gasteiger partial charge < -0.3 is 9.80 Å². The van der Waals surface area contributed by atoms with E-state index >= 15 is 0 Å². The van der Waals surface area contributed by atoms with E-state index < -0.39 is 10.0 Å². The molecule has 0 radical (unpaired) electrons. The van der Waals surface area contributed by atoms with Crippen LogP contribution in [-0.2, 0) is 16.6 Å². The van der Waals surface area contributed by atoms with E-state index in [1.165, 1.54) is 65.9 Å². The average molecular weight is 515 g/mol. The molecule has 0 aliphatic carbocycles. The molecule has 196 valence electrons. The molecule has 1 aromatic carbocycles. The van der Waals surface area contributed by atoms with E-state index in [4.69, 9.17) is 0 Å². The summed E-state index contributed by atoms with van der Waals surface area (Å²) in [5, 5.41) is 4.11. The van der Waals surface area contributed by atoms with Crippen LogP contribution in [0.15, 0.2) is 30.5 Å². The first-order valence-corrected chi connectivity index (χ1v) is 15.0. The van der Waals surface area contributed by atoms with Crippen molar-refractivity contribution in [1.29, 1.82) is 0 Å². The third-order valence-electron chi connectivity index (χ3n) is 8.26. The first-order valence-electron chi connectivity index (χ1n) is 13.2. The second-order valence-electron chi connectivity index (χ2n) is 10.6. The molecule has 1 N–H and O–H groups in total. The maximum absolute atomic E-state index is 13.0. The van der Waals surface area contributed by atoms with Crippen LogP contribution < -0.4 is 9.62 Å². The van der Waals surface area contributed by atoms with E-state index in [1.54, 1.807) is 0 Å². The van der Waals surface area contributed by atoms with Crippen molar-refractivity contribution in [2.24, 2.45) is 0 Å². The van der Waals surface area contributed by atoms with Crippen LogP contribution in [0.25, 0.3) is 0 Å². The lowest BCUT2D eigenvalue weighted by Gasteiger charge is -2.45. The molecule has 3 fully saturated rings. The third kappa shape index (κ3) is 5.25. The van der Waals surface area contributed by atoms with Crippen LogP contribution in [0.1, 0.15) is 56.1 Å². The van der Waals surface area contributed by atoms with Gasteiger partial charge in [-0.25, -0.2) is 13.2 Å². The van der Waals surface area contributed by atoms with Crippen molar-refractivity contribution in [2.45, 2.75) is 64.0 Å². The number of carbonyl (C=O) groups excluding carboxylic acids is 1. The van der Waals surface area contributed by atoms with Crippen LogP contribution in [-0.4, -0.2) is 78.5 Å². The molecule has 36 heavy (non-hydrogen) atoms. The maximum Gasteiger partial charge on any atom is 0.344 e. The van der Waals surface area contributed by atoms with Crippen LogP contribution >= 0.6 is 0 Å². The van der Waals surface area contributed by atoms with Gasteiger partial charge in [0, 0.05) is 56.2 Å². The van der Waals surface area contributed by atoms with Crippen LogP contribution in [0.4, 0.5) is 16.3 Å². The number of benzene rings is 1. The Morgan fingerprint density at radius 1 is 1.00 bits per heavy atom. The van der Waals surface area contributed by atoms with Crippen LogP contribution in [0.3, 0.4) is 0 Å². The highest BCUT2D eigenvalue weighted by Crippen LogP contribution is 2.40. The largest absolute Gasteiger partial charge is 0.371 e. The van der Waals surface area contributed by atoms with E-state index in [2.05, 4.69) is 44.7 Å². The topological polar surface area (TPSA) is 90.8 Å². The number of anilines is 2. The minimum absolute atomic E-state index is 0.136. The minimum atomic E-state index is -3.43. The molecule has 0 saturated carbocycles. The highest BCUT2D eigenvalue weighted by Gasteiger charge is 2.44. The van der Waals surface area contributed by atoms with Gasteiger partial charge in [-0.1, -0.05) is 12.1 Å². The van der Waals surface area contributed by atoms with Gasteiger partial charge >= 0.3 is 6.03 Å². The molecule has 4 heterocycles. The van der Waals surface area contributed by atoms with E-state index in [1.807, 2.05) is 4.90 Å². The first-order chi connectivity index (χ1) is 17.2. The summed E-state index contributed by atoms with van der Waals surface area (Å²) in [4.78, 5) is 20.1. The van der Waals surface area contributed by atoms with E-state index in [-0.39, 0.29) is 17.4 Å². The first kappa shape index (κ1) is 25.1. The van der Waals surface area contributed by atoms with Gasteiger partial charge in [0.25, 0.3) is 0 Å². The number of hydrogen-bond acceptors (Lipinski definition) is 6. The van der Waals surface area contributed by atoms with Crippen LogP contribution in [0, 0.1) is 6.92 Å². The van der Waals surface area contributed by atoms with Gasteiger partial charge in [-0.3, -0.25) is 9.62 Å². The summed E-state index contributed by atoms with van der Waals surface area (Å²) < 4.78 is 26.4. The van der Waals surface area contributed by atoms with Crippen molar-refractivity contribution >= 4 is 27.6 Å². The maximum atomic E-state index is 13.0. The van der Waals surface area contributed by atoms with Crippen molar-refractivity contribution in [1.82, 2.24) is 19.6 Å². The summed E-state index contributed by atoms with van der Waals surface area (Å²) in [5.41, 5.74) is 4.36. The number of hydrogen-bond donors (Lipinski definition) is 1. The molecular weight excluding hydrogens is 476 g/mol. The zero-order chi connectivity index (χ0) is 25.3. The lowest BCUT2D eigenvalue weighted by molar-refractivity contribution is 0.0584. The fourth-order valence-electron chi connectivity index (χ4n) is 6.27. The monoisotopic (exact) mass is 514 g/mol. The summed E-state index contributed by atoms with van der Waals surface area (Å²) in [6.45, 7) is 8.00. The van der Waals surface area contributed by atoms with E-state index in [0.717, 1.165) is 45.3 Å². The predicted octanol–water partition coefficient (Wildman–Crippen LogP) is 3.65. The molecule has 10 heteroatoms. The summed E-state index contributed by atoms with van der Waals surface area (Å²) in [5.74, 6) is 0.156. The molecular formula is C26H38N6O3S. The molecule has 3 saturated heterocycles. The van der Waals surface area contributed by atoms with Crippen molar-refractivity contribution in [3.63, 3.8) is 0 Å². The lowest BCUT2D eigenvalue weighted by atomic mass is 9.84. The summed E-state index contributed by atoms with van der Waals surface area (Å²) in [6, 6.07) is 8.07. The fourth-order valence-corrected chi connectivity index (χ4v) is 6.75. The standard InChI is InChI=1S/C26H38N6O3S/c1-21-22(8-6-9-23(21)29-14-4-3-5-15-29)20-31-16-7-11-26(31)12-18-30(19-13-26)25(33)32-17-10-24(27-32)28-36(2,34)35/h6,8-10,17H,3-5,7,11-16,18-20H2,1-2H3,(H,27,28). The molecule has 0 unspecified atom stereocenters. The molecule has 0 atom stereocenters. The minimum Gasteiger partial charge on any atom is -0.371 e. The number of aromatic nitrogens is 2. The number of piperidine rings is 2. The van der Waals surface area contributed by atoms with Crippen LogP contribution in [0.2, 0.25) is 0 Å². The quantitative estimate of drug-likeness (QED) is 0.655. The Bertz CT molecular complexity index is 1200. The summed E-state index contributed by atoms with van der Waals surface area (Å²) in [7, 11) is -3.43. The SMILES string of the molecule is Cc1c(CN2CCCC23CCN(C(=O)n2ccc(NS(C)(=O)=O)n2)CC3)cccc1N1CCCCC1. The number of nitrogens with zero attached hydrogens (tertiary/aromatic N) is 5. The Balaban J connectivity index is 1.24. The van der Waals surface area contributed by atoms with Gasteiger partial charge in [-0.2, -0.15) is 4.68 Å². The van der Waals surface area contributed by atoms with Gasteiger partial charge in [0.1, 0.15) is 0 Å². The molecule has 1 amide bonds. The molecule has 3 aliphatic heterocycles. The molecule has 1 spiro atoms. The highest BCUT2D eigenvalue weighted by atomic mass is 32.2. The molecule has 1 aromatic heterocycles. The van der Waals surface area contributed by atoms with Crippen LogP contribution in [0.5, 0.6) is 0 Å². The Kier molecular flexibility index (Phi) is 7.00. The molecule has 3 aliphatic rings. The Hall–Kier alpha value is -2.59. The van der Waals surface area contributed by atoms with Gasteiger partial charge in [0.2, 0.25) is 10.0 Å². The fraction of sp³-hybridized carbons (Fsp3) is 0.615. The van der Waals surface area contributed by atoms with Crippen molar-refractivity contribution < 1.29 is 13.2 Å². The number of nitrogens with one attached hydrogen (secondary N) is 1. The lowest BCUT2D eigenvalue weighted by Crippen LogP contribution is -2.53. The molecule has 2 aromatic rings. The molecule has 9 nitrogen and oxygen atoms in total. The number of carbonyl (C=O) groups is 1. The normalized spacial score (nSPS) is 20.7.